The van der Waals surface area contributed by atoms with Crippen molar-refractivity contribution in [1.29, 1.82) is 0 Å². The molecule has 0 aliphatic rings. The van der Waals surface area contributed by atoms with Gasteiger partial charge in [0.1, 0.15) is 10.7 Å². The summed E-state index contributed by atoms with van der Waals surface area (Å²) in [5.74, 6) is 0.972. The van der Waals surface area contributed by atoms with E-state index in [-0.39, 0.29) is 11.1 Å². The molecule has 0 radical (unpaired) electrons. The molecule has 8 heteroatoms. The summed E-state index contributed by atoms with van der Waals surface area (Å²) in [7, 11) is 0. The molecule has 0 saturated heterocycles. The zero-order chi connectivity index (χ0) is 19.8. The van der Waals surface area contributed by atoms with Crippen molar-refractivity contribution in [2.24, 2.45) is 0 Å². The molecule has 0 amide bonds. The van der Waals surface area contributed by atoms with Crippen molar-refractivity contribution in [3.8, 4) is 0 Å². The van der Waals surface area contributed by atoms with Crippen molar-refractivity contribution in [2.45, 2.75) is 31.3 Å². The number of benzene rings is 1. The molecule has 4 aromatic rings. The highest BCUT2D eigenvalue weighted by Crippen LogP contribution is 2.27. The summed E-state index contributed by atoms with van der Waals surface area (Å²) in [6.07, 6.45) is 1.67. The van der Waals surface area contributed by atoms with Gasteiger partial charge in [-0.25, -0.2) is 9.97 Å². The second-order valence-electron chi connectivity index (χ2n) is 6.38. The molecular formula is C20H18N4O2S2. The van der Waals surface area contributed by atoms with Crippen LogP contribution < -0.4 is 11.1 Å². The van der Waals surface area contributed by atoms with Crippen LogP contribution in [-0.2, 0) is 12.3 Å². The van der Waals surface area contributed by atoms with Crippen molar-refractivity contribution >= 4 is 44.2 Å². The number of H-pyrrole nitrogens is 1. The van der Waals surface area contributed by atoms with E-state index in [2.05, 4.69) is 21.5 Å². The van der Waals surface area contributed by atoms with Crippen LogP contribution in [0.25, 0.3) is 21.1 Å². The standard InChI is InChI=1S/C20H18N4O2S2/c1-4-9-24-19(26)13-7-5-6-8-14(13)21-20(24)27-10-15-22-17(25)16-11(2)12(3)28-18(16)23-15/h4-8H,1,9-10H2,2-3H3,(H,22,23,25). The molecule has 0 atom stereocenters. The third kappa shape index (κ3) is 3.18. The minimum Gasteiger partial charge on any atom is -0.309 e. The van der Waals surface area contributed by atoms with Gasteiger partial charge in [-0.15, -0.1) is 17.9 Å². The van der Waals surface area contributed by atoms with Crippen LogP contribution in [0.2, 0.25) is 0 Å². The first kappa shape index (κ1) is 18.6. The lowest BCUT2D eigenvalue weighted by Crippen LogP contribution is -2.22. The van der Waals surface area contributed by atoms with Gasteiger partial charge in [0.05, 0.1) is 22.0 Å². The minimum absolute atomic E-state index is 0.102. The maximum Gasteiger partial charge on any atom is 0.262 e. The van der Waals surface area contributed by atoms with Crippen molar-refractivity contribution in [2.75, 3.05) is 0 Å². The molecule has 28 heavy (non-hydrogen) atoms. The maximum absolute atomic E-state index is 12.8. The molecule has 0 aliphatic heterocycles. The molecular weight excluding hydrogens is 392 g/mol. The monoisotopic (exact) mass is 410 g/mol. The molecule has 0 saturated carbocycles. The van der Waals surface area contributed by atoms with Gasteiger partial charge in [-0.2, -0.15) is 0 Å². The van der Waals surface area contributed by atoms with E-state index in [1.54, 1.807) is 16.7 Å². The van der Waals surface area contributed by atoms with E-state index in [4.69, 9.17) is 0 Å². The van der Waals surface area contributed by atoms with E-state index >= 15 is 0 Å². The zero-order valence-electron chi connectivity index (χ0n) is 15.5. The number of para-hydroxylation sites is 1. The molecule has 0 aliphatic carbocycles. The number of aromatic amines is 1. The number of thioether (sulfide) groups is 1. The lowest BCUT2D eigenvalue weighted by Gasteiger charge is -2.11. The molecule has 1 N–H and O–H groups in total. The summed E-state index contributed by atoms with van der Waals surface area (Å²) in [6, 6.07) is 7.27. The van der Waals surface area contributed by atoms with E-state index in [1.165, 1.54) is 23.1 Å². The Labute approximate surface area is 169 Å². The highest BCUT2D eigenvalue weighted by molar-refractivity contribution is 7.98. The number of nitrogens with zero attached hydrogens (tertiary/aromatic N) is 3. The van der Waals surface area contributed by atoms with Gasteiger partial charge < -0.3 is 4.98 Å². The lowest BCUT2D eigenvalue weighted by atomic mass is 10.2. The van der Waals surface area contributed by atoms with Crippen LogP contribution in [0, 0.1) is 13.8 Å². The molecule has 1 aromatic carbocycles. The van der Waals surface area contributed by atoms with Gasteiger partial charge in [0.25, 0.3) is 11.1 Å². The Morgan fingerprint density at radius 1 is 1.25 bits per heavy atom. The lowest BCUT2D eigenvalue weighted by molar-refractivity contribution is 0.671. The van der Waals surface area contributed by atoms with Crippen LogP contribution in [0.3, 0.4) is 0 Å². The summed E-state index contributed by atoms with van der Waals surface area (Å²) in [5, 5.41) is 1.81. The van der Waals surface area contributed by atoms with Gasteiger partial charge in [-0.3, -0.25) is 14.2 Å². The van der Waals surface area contributed by atoms with Crippen molar-refractivity contribution in [3.63, 3.8) is 0 Å². The number of nitrogens with one attached hydrogen (secondary N) is 1. The fraction of sp³-hybridized carbons (Fsp3) is 0.200. The number of thiophene rings is 1. The predicted octanol–water partition coefficient (Wildman–Crippen LogP) is 3.79. The quantitative estimate of drug-likeness (QED) is 0.308. The highest BCUT2D eigenvalue weighted by Gasteiger charge is 2.14. The summed E-state index contributed by atoms with van der Waals surface area (Å²) in [4.78, 5) is 39.2. The third-order valence-corrected chi connectivity index (χ3v) is 6.65. The fourth-order valence-electron chi connectivity index (χ4n) is 3.05. The van der Waals surface area contributed by atoms with Gasteiger partial charge in [-0.1, -0.05) is 30.0 Å². The van der Waals surface area contributed by atoms with Crippen LogP contribution in [0.15, 0.2) is 51.7 Å². The van der Waals surface area contributed by atoms with E-state index in [9.17, 15) is 9.59 Å². The number of rotatable bonds is 5. The number of allylic oxidation sites excluding steroid dienone is 1. The molecule has 3 aromatic heterocycles. The zero-order valence-corrected chi connectivity index (χ0v) is 17.1. The Hall–Kier alpha value is -2.71. The molecule has 3 heterocycles. The van der Waals surface area contributed by atoms with Crippen LogP contribution in [0.4, 0.5) is 0 Å². The first-order chi connectivity index (χ1) is 13.5. The van der Waals surface area contributed by atoms with Crippen LogP contribution in [0.5, 0.6) is 0 Å². The van der Waals surface area contributed by atoms with E-state index in [0.717, 1.165) is 15.3 Å². The maximum atomic E-state index is 12.8. The van der Waals surface area contributed by atoms with Gasteiger partial charge in [0.15, 0.2) is 5.16 Å². The molecule has 0 spiro atoms. The minimum atomic E-state index is -0.127. The van der Waals surface area contributed by atoms with E-state index in [1.807, 2.05) is 32.0 Å². The second kappa shape index (κ2) is 7.37. The summed E-state index contributed by atoms with van der Waals surface area (Å²) in [6.45, 7) is 8.03. The topological polar surface area (TPSA) is 80.6 Å². The number of fused-ring (bicyclic) bond motifs is 2. The Bertz CT molecular complexity index is 1330. The average molecular weight is 411 g/mol. The molecule has 0 bridgehead atoms. The third-order valence-electron chi connectivity index (χ3n) is 4.56. The normalized spacial score (nSPS) is 11.4. The van der Waals surface area contributed by atoms with Gasteiger partial charge in [0, 0.05) is 11.4 Å². The fourth-order valence-corrected chi connectivity index (χ4v) is 4.98. The summed E-state index contributed by atoms with van der Waals surface area (Å²) in [5.41, 5.74) is 1.40. The Morgan fingerprint density at radius 3 is 2.82 bits per heavy atom. The molecule has 4 rings (SSSR count). The molecule has 0 unspecified atom stereocenters. The molecule has 6 nitrogen and oxygen atoms in total. The number of hydrogen-bond donors (Lipinski definition) is 1. The Kier molecular flexibility index (Phi) is 4.91. The van der Waals surface area contributed by atoms with Gasteiger partial charge in [0.2, 0.25) is 0 Å². The van der Waals surface area contributed by atoms with Crippen LogP contribution >= 0.6 is 23.1 Å². The Morgan fingerprint density at radius 2 is 2.04 bits per heavy atom. The van der Waals surface area contributed by atoms with Gasteiger partial charge in [-0.05, 0) is 31.5 Å². The highest BCUT2D eigenvalue weighted by atomic mass is 32.2. The van der Waals surface area contributed by atoms with E-state index < -0.39 is 0 Å². The smallest absolute Gasteiger partial charge is 0.262 e. The number of hydrogen-bond acceptors (Lipinski definition) is 6. The molecule has 0 fully saturated rings. The first-order valence-electron chi connectivity index (χ1n) is 8.71. The van der Waals surface area contributed by atoms with Crippen molar-refractivity contribution < 1.29 is 0 Å². The van der Waals surface area contributed by atoms with Crippen molar-refractivity contribution in [1.82, 2.24) is 19.5 Å². The number of aryl methyl sites for hydroxylation is 2. The van der Waals surface area contributed by atoms with Gasteiger partial charge >= 0.3 is 0 Å². The predicted molar refractivity (Wildman–Crippen MR) is 115 cm³/mol. The largest absolute Gasteiger partial charge is 0.309 e. The second-order valence-corrected chi connectivity index (χ2v) is 8.53. The SMILES string of the molecule is C=CCn1c(SCc2nc3sc(C)c(C)c3c(=O)[nH]2)nc2ccccc2c1=O. The average Bonchev–Trinajstić information content (AvgIpc) is 2.97. The van der Waals surface area contributed by atoms with Crippen molar-refractivity contribution in [3.05, 3.63) is 73.9 Å². The summed E-state index contributed by atoms with van der Waals surface area (Å²) < 4.78 is 1.59. The Balaban J connectivity index is 1.73. The number of aromatic nitrogens is 4. The van der Waals surface area contributed by atoms with Crippen LogP contribution in [-0.4, -0.2) is 19.5 Å². The first-order valence-corrected chi connectivity index (χ1v) is 10.5. The molecule has 142 valence electrons. The summed E-state index contributed by atoms with van der Waals surface area (Å²) >= 11 is 2.89. The van der Waals surface area contributed by atoms with E-state index in [0.29, 0.717) is 39.6 Å². The van der Waals surface area contributed by atoms with Crippen LogP contribution in [0.1, 0.15) is 16.3 Å².